The third-order valence-corrected chi connectivity index (χ3v) is 13.5. The summed E-state index contributed by atoms with van der Waals surface area (Å²) in [6.07, 6.45) is 0. The van der Waals surface area contributed by atoms with Crippen molar-refractivity contribution >= 4 is 17.1 Å². The van der Waals surface area contributed by atoms with Gasteiger partial charge in [0.2, 0.25) is 0 Å². The van der Waals surface area contributed by atoms with E-state index in [1.165, 1.54) is 89.0 Å². The molecule has 1 heteroatoms. The molecule has 0 bridgehead atoms. The molecule has 0 fully saturated rings. The molecule has 9 aromatic rings. The summed E-state index contributed by atoms with van der Waals surface area (Å²) in [4.78, 5) is 2.54. The van der Waals surface area contributed by atoms with E-state index in [-0.39, 0.29) is 5.41 Å². The number of hydrogen-bond donors (Lipinski definition) is 0. The third-order valence-electron chi connectivity index (χ3n) is 13.5. The molecule has 59 heavy (non-hydrogen) atoms. The van der Waals surface area contributed by atoms with Gasteiger partial charge in [0, 0.05) is 22.4 Å². The van der Waals surface area contributed by atoms with Crippen molar-refractivity contribution in [3.63, 3.8) is 0 Å². The van der Waals surface area contributed by atoms with E-state index in [4.69, 9.17) is 0 Å². The van der Waals surface area contributed by atoms with Crippen LogP contribution in [0, 0.1) is 0 Å². The van der Waals surface area contributed by atoms with Crippen LogP contribution >= 0.6 is 0 Å². The molecule has 1 nitrogen and oxygen atoms in total. The summed E-state index contributed by atoms with van der Waals surface area (Å²) in [6.45, 7) is 4.76. The van der Waals surface area contributed by atoms with Crippen LogP contribution in [-0.2, 0) is 10.8 Å². The molecule has 1 spiro atoms. The number of anilines is 3. The van der Waals surface area contributed by atoms with Gasteiger partial charge in [-0.1, -0.05) is 190 Å². The Labute approximate surface area is 346 Å². The average Bonchev–Trinajstić information content (AvgIpc) is 3.85. The maximum absolute atomic E-state index is 2.55. The first-order valence-corrected chi connectivity index (χ1v) is 20.8. The first-order chi connectivity index (χ1) is 29.0. The zero-order valence-corrected chi connectivity index (χ0v) is 33.2. The minimum atomic E-state index is -0.470. The molecule has 0 radical (unpaired) electrons. The van der Waals surface area contributed by atoms with E-state index in [1.807, 2.05) is 0 Å². The second kappa shape index (κ2) is 12.6. The van der Waals surface area contributed by atoms with Gasteiger partial charge in [-0.2, -0.15) is 0 Å². The van der Waals surface area contributed by atoms with Crippen LogP contribution < -0.4 is 4.90 Å². The summed E-state index contributed by atoms with van der Waals surface area (Å²) in [7, 11) is 0. The van der Waals surface area contributed by atoms with Crippen molar-refractivity contribution in [2.45, 2.75) is 24.7 Å². The van der Waals surface area contributed by atoms with Crippen LogP contribution in [-0.4, -0.2) is 0 Å². The standard InChI is InChI=1S/C58H41N/c1-57(2)50-28-13-9-24-43(50)47-33-32-42(35-54(47)57)59(41-23-17-22-40(34-41)38-18-5-3-6-19-38)56-37-55-49(36-48(56)39-20-7-4-8-21-39)46-27-12-16-31-53(46)58(55)51-29-14-10-25-44(51)45-26-11-15-30-52(45)58/h3-37H,1-2H3. The summed E-state index contributed by atoms with van der Waals surface area (Å²) in [5, 5.41) is 0. The van der Waals surface area contributed by atoms with Gasteiger partial charge in [0.15, 0.2) is 0 Å². The first-order valence-electron chi connectivity index (χ1n) is 20.8. The lowest BCUT2D eigenvalue weighted by molar-refractivity contribution is 0.660. The summed E-state index contributed by atoms with van der Waals surface area (Å²) >= 11 is 0. The van der Waals surface area contributed by atoms with Crippen LogP contribution in [0.2, 0.25) is 0 Å². The Kier molecular flexibility index (Phi) is 7.26. The van der Waals surface area contributed by atoms with Crippen LogP contribution in [0.3, 0.4) is 0 Å². The fourth-order valence-corrected chi connectivity index (χ4v) is 10.9. The van der Waals surface area contributed by atoms with E-state index in [2.05, 4.69) is 231 Å². The summed E-state index contributed by atoms with van der Waals surface area (Å²) < 4.78 is 0. The number of nitrogens with zero attached hydrogens (tertiary/aromatic N) is 1. The van der Waals surface area contributed by atoms with Gasteiger partial charge in [-0.15, -0.1) is 0 Å². The Hall–Kier alpha value is -7.22. The molecule has 0 saturated carbocycles. The maximum Gasteiger partial charge on any atom is 0.0726 e. The van der Waals surface area contributed by atoms with Crippen LogP contribution in [0.25, 0.3) is 55.6 Å². The maximum atomic E-state index is 2.55. The van der Waals surface area contributed by atoms with Gasteiger partial charge in [-0.05, 0) is 120 Å². The average molecular weight is 752 g/mol. The lowest BCUT2D eigenvalue weighted by Gasteiger charge is -2.34. The molecule has 3 aliphatic rings. The molecule has 0 N–H and O–H groups in total. The quantitative estimate of drug-likeness (QED) is 0.169. The zero-order valence-electron chi connectivity index (χ0n) is 33.2. The summed E-state index contributed by atoms with van der Waals surface area (Å²) in [6, 6.07) is 79.3. The highest BCUT2D eigenvalue weighted by molar-refractivity contribution is 6.00. The highest BCUT2D eigenvalue weighted by atomic mass is 15.1. The molecule has 0 aromatic heterocycles. The molecule has 0 aliphatic heterocycles. The van der Waals surface area contributed by atoms with E-state index in [0.29, 0.717) is 0 Å². The van der Waals surface area contributed by atoms with Crippen molar-refractivity contribution in [1.29, 1.82) is 0 Å². The SMILES string of the molecule is CC1(C)c2ccccc2-c2ccc(N(c3cccc(-c4ccccc4)c3)c3cc4c(cc3-c3ccccc3)-c3ccccc3C43c4ccccc4-c4ccccc43)cc21. The molecule has 0 amide bonds. The minimum Gasteiger partial charge on any atom is -0.310 e. The van der Waals surface area contributed by atoms with Crippen molar-refractivity contribution in [1.82, 2.24) is 0 Å². The molecular weight excluding hydrogens is 711 g/mol. The van der Waals surface area contributed by atoms with Crippen molar-refractivity contribution in [3.05, 3.63) is 246 Å². The number of rotatable bonds is 5. The number of fused-ring (bicyclic) bond motifs is 13. The molecular formula is C58H41N. The van der Waals surface area contributed by atoms with Gasteiger partial charge in [-0.3, -0.25) is 0 Å². The topological polar surface area (TPSA) is 3.24 Å². The molecule has 0 heterocycles. The van der Waals surface area contributed by atoms with Gasteiger partial charge in [-0.25, -0.2) is 0 Å². The molecule has 9 aromatic carbocycles. The van der Waals surface area contributed by atoms with Crippen LogP contribution in [0.15, 0.2) is 212 Å². The van der Waals surface area contributed by atoms with Gasteiger partial charge in [0.25, 0.3) is 0 Å². The van der Waals surface area contributed by atoms with E-state index < -0.39 is 5.41 Å². The third kappa shape index (κ3) is 4.73. The normalized spacial score (nSPS) is 14.2. The fourth-order valence-electron chi connectivity index (χ4n) is 10.9. The van der Waals surface area contributed by atoms with Gasteiger partial charge in [0.1, 0.15) is 0 Å². The first kappa shape index (κ1) is 33.9. The Morgan fingerprint density at radius 2 is 0.763 bits per heavy atom. The highest BCUT2D eigenvalue weighted by Crippen LogP contribution is 2.64. The Balaban J connectivity index is 1.19. The summed E-state index contributed by atoms with van der Waals surface area (Å²) in [5.41, 5.74) is 23.5. The highest BCUT2D eigenvalue weighted by Gasteiger charge is 2.52. The van der Waals surface area contributed by atoms with E-state index >= 15 is 0 Å². The second-order valence-electron chi connectivity index (χ2n) is 16.8. The Bertz CT molecular complexity index is 3090. The monoisotopic (exact) mass is 751 g/mol. The van der Waals surface area contributed by atoms with Crippen molar-refractivity contribution in [2.24, 2.45) is 0 Å². The van der Waals surface area contributed by atoms with E-state index in [9.17, 15) is 0 Å². The molecule has 0 unspecified atom stereocenters. The van der Waals surface area contributed by atoms with E-state index in [1.54, 1.807) is 0 Å². The van der Waals surface area contributed by atoms with Gasteiger partial charge >= 0.3 is 0 Å². The largest absolute Gasteiger partial charge is 0.310 e. The fraction of sp³-hybridized carbons (Fsp3) is 0.0690. The molecule has 0 saturated heterocycles. The Morgan fingerprint density at radius 3 is 1.39 bits per heavy atom. The Morgan fingerprint density at radius 1 is 0.288 bits per heavy atom. The lowest BCUT2D eigenvalue weighted by atomic mass is 9.70. The number of hydrogen-bond acceptors (Lipinski definition) is 1. The molecule has 0 atom stereocenters. The summed E-state index contributed by atoms with van der Waals surface area (Å²) in [5.74, 6) is 0. The van der Waals surface area contributed by atoms with Crippen LogP contribution in [0.1, 0.15) is 47.2 Å². The zero-order chi connectivity index (χ0) is 39.3. The lowest BCUT2D eigenvalue weighted by Crippen LogP contribution is -2.26. The minimum absolute atomic E-state index is 0.150. The van der Waals surface area contributed by atoms with Gasteiger partial charge in [0.05, 0.1) is 11.1 Å². The van der Waals surface area contributed by atoms with Crippen molar-refractivity contribution in [3.8, 4) is 55.6 Å². The van der Waals surface area contributed by atoms with Crippen molar-refractivity contribution < 1.29 is 0 Å². The predicted octanol–water partition coefficient (Wildman–Crippen LogP) is 15.1. The van der Waals surface area contributed by atoms with Crippen molar-refractivity contribution in [2.75, 3.05) is 4.90 Å². The molecule has 278 valence electrons. The smallest absolute Gasteiger partial charge is 0.0726 e. The number of benzene rings is 9. The predicted molar refractivity (Wildman–Crippen MR) is 246 cm³/mol. The van der Waals surface area contributed by atoms with Crippen LogP contribution in [0.5, 0.6) is 0 Å². The molecule has 3 aliphatic carbocycles. The molecule has 12 rings (SSSR count). The second-order valence-corrected chi connectivity index (χ2v) is 16.8. The van der Waals surface area contributed by atoms with Crippen LogP contribution in [0.4, 0.5) is 17.1 Å². The van der Waals surface area contributed by atoms with E-state index in [0.717, 1.165) is 17.1 Å². The van der Waals surface area contributed by atoms with Gasteiger partial charge < -0.3 is 4.90 Å².